The van der Waals surface area contributed by atoms with Crippen molar-refractivity contribution in [2.24, 2.45) is 0 Å². The van der Waals surface area contributed by atoms with Crippen molar-refractivity contribution in [1.82, 2.24) is 9.61 Å². The van der Waals surface area contributed by atoms with Gasteiger partial charge < -0.3 is 30.3 Å². The van der Waals surface area contributed by atoms with Gasteiger partial charge in [0.1, 0.15) is 36.3 Å². The number of nitrogens with zero attached hydrogens (tertiary/aromatic N) is 4. The van der Waals surface area contributed by atoms with E-state index < -0.39 is 56.9 Å². The number of aromatic nitrogens is 2. The summed E-state index contributed by atoms with van der Waals surface area (Å²) < 4.78 is 50.6. The van der Waals surface area contributed by atoms with Crippen LogP contribution in [0.4, 0.5) is 10.1 Å². The number of unbranched alkanes of at least 4 members (excludes halogenated alkanes) is 12. The molecule has 0 spiro atoms. The maximum Gasteiger partial charge on any atom is 0.472 e. The number of phosphoric acid groups is 1. The highest BCUT2D eigenvalue weighted by Gasteiger charge is 2.58. The van der Waals surface area contributed by atoms with Crippen molar-refractivity contribution in [3.8, 4) is 24.0 Å². The minimum absolute atomic E-state index is 0.0845. The molecule has 298 valence electrons. The molecule has 0 bridgehead atoms. The lowest BCUT2D eigenvalue weighted by molar-refractivity contribution is -0.0656. The number of phosphoric ester groups is 1. The van der Waals surface area contributed by atoms with Gasteiger partial charge in [-0.3, -0.25) is 9.05 Å². The summed E-state index contributed by atoms with van der Waals surface area (Å²) in [5, 5.41) is 45.1. The van der Waals surface area contributed by atoms with Gasteiger partial charge in [0.25, 0.3) is 0 Å². The minimum atomic E-state index is -4.80. The molecule has 1 unspecified atom stereocenters. The second kappa shape index (κ2) is 22.0. The van der Waals surface area contributed by atoms with Crippen molar-refractivity contribution in [1.29, 1.82) is 10.5 Å². The van der Waals surface area contributed by atoms with Crippen LogP contribution in [0.1, 0.15) is 114 Å². The van der Waals surface area contributed by atoms with Crippen molar-refractivity contribution in [2.75, 3.05) is 18.9 Å². The van der Waals surface area contributed by atoms with Crippen LogP contribution in [0, 0.1) is 40.3 Å². The third kappa shape index (κ3) is 12.6. The van der Waals surface area contributed by atoms with E-state index in [1.54, 1.807) is 24.3 Å². The van der Waals surface area contributed by atoms with E-state index in [-0.39, 0.29) is 24.3 Å². The molecule has 13 nitrogen and oxygen atoms in total. The largest absolute Gasteiger partial charge is 0.472 e. The first-order valence-electron chi connectivity index (χ1n) is 19.1. The lowest BCUT2D eigenvalue weighted by atomic mass is 9.92. The summed E-state index contributed by atoms with van der Waals surface area (Å²) in [6.45, 7) is 1.000. The van der Waals surface area contributed by atoms with Crippen LogP contribution in [-0.2, 0) is 35.3 Å². The summed E-state index contributed by atoms with van der Waals surface area (Å²) in [6, 6.07) is 12.4. The van der Waals surface area contributed by atoms with Crippen LogP contribution in [0.5, 0.6) is 0 Å². The molecule has 0 amide bonds. The molecule has 2 aromatic heterocycles. The molecular weight excluding hydrogens is 728 g/mol. The quantitative estimate of drug-likeness (QED) is 0.0437. The molecule has 1 aliphatic rings. The van der Waals surface area contributed by atoms with Crippen LogP contribution in [0.3, 0.4) is 0 Å². The van der Waals surface area contributed by atoms with Crippen molar-refractivity contribution in [2.45, 2.75) is 133 Å². The zero-order chi connectivity index (χ0) is 39.7. The maximum absolute atomic E-state index is 14.2. The number of nitrogens with two attached hydrogens (primary N) is 1. The fourth-order valence-corrected chi connectivity index (χ4v) is 7.23. The van der Waals surface area contributed by atoms with Gasteiger partial charge >= 0.3 is 7.82 Å². The average Bonchev–Trinajstić information content (AvgIpc) is 3.72. The Hall–Kier alpha value is -3.87. The van der Waals surface area contributed by atoms with Crippen molar-refractivity contribution in [3.63, 3.8) is 0 Å². The number of halogens is 1. The number of hydrogen-bond acceptors (Lipinski definition) is 11. The predicted octanol–water partition coefficient (Wildman–Crippen LogP) is 6.97. The third-order valence-corrected chi connectivity index (χ3v) is 10.6. The van der Waals surface area contributed by atoms with E-state index in [0.717, 1.165) is 12.8 Å². The Labute approximate surface area is 322 Å². The first kappa shape index (κ1) is 43.9. The second-order valence-electron chi connectivity index (χ2n) is 13.9. The number of ether oxygens (including phenoxy) is 2. The zero-order valence-electron chi connectivity index (χ0n) is 31.4. The molecule has 0 radical (unpaired) electrons. The molecule has 6 atom stereocenters. The van der Waals surface area contributed by atoms with Gasteiger partial charge in [0.05, 0.1) is 48.4 Å². The van der Waals surface area contributed by atoms with Gasteiger partial charge in [-0.25, -0.2) is 13.5 Å². The smallest absolute Gasteiger partial charge is 0.397 e. The topological polar surface area (TPSA) is 206 Å². The van der Waals surface area contributed by atoms with Gasteiger partial charge in [0.2, 0.25) is 5.60 Å². The summed E-state index contributed by atoms with van der Waals surface area (Å²) in [7, 11) is -4.80. The highest BCUT2D eigenvalue weighted by atomic mass is 31.2. The van der Waals surface area contributed by atoms with Gasteiger partial charge in [-0.15, -0.1) is 11.8 Å². The zero-order valence-corrected chi connectivity index (χ0v) is 32.3. The van der Waals surface area contributed by atoms with Crippen LogP contribution >= 0.6 is 7.82 Å². The molecule has 15 heteroatoms. The molecule has 1 aromatic carbocycles. The van der Waals surface area contributed by atoms with Crippen LogP contribution < -0.4 is 5.73 Å². The predicted molar refractivity (Wildman–Crippen MR) is 203 cm³/mol. The summed E-state index contributed by atoms with van der Waals surface area (Å²) in [4.78, 5) is 10.5. The van der Waals surface area contributed by atoms with Gasteiger partial charge in [-0.2, -0.15) is 15.6 Å². The SMILES string of the molecule is CCCCCCCCCCCCCCC#CC[C@H](COP(=O)(O)OC[C@H]1O[C@@](C#N)(c2ccc3c(N)ccnn23)[C@H](O)[C@@H]1O)OCc1ccc(C#N)c(F)c1. The molecule has 1 aliphatic heterocycles. The maximum atomic E-state index is 14.2. The number of hydrogen-bond donors (Lipinski definition) is 4. The Morgan fingerprint density at radius 3 is 2.35 bits per heavy atom. The summed E-state index contributed by atoms with van der Waals surface area (Å²) >= 11 is 0. The monoisotopic (exact) mass is 781 g/mol. The molecular formula is C40H53FN5O8P. The molecule has 1 fully saturated rings. The normalized spacial score (nSPS) is 21.0. The molecule has 4 rings (SSSR count). The van der Waals surface area contributed by atoms with Crippen molar-refractivity contribution in [3.05, 3.63) is 65.2 Å². The molecule has 0 aliphatic carbocycles. The van der Waals surface area contributed by atoms with Crippen LogP contribution in [0.25, 0.3) is 5.52 Å². The van der Waals surface area contributed by atoms with Crippen LogP contribution in [0.2, 0.25) is 0 Å². The fourth-order valence-electron chi connectivity index (χ4n) is 6.46. The van der Waals surface area contributed by atoms with E-state index in [4.69, 9.17) is 29.5 Å². The second-order valence-corrected chi connectivity index (χ2v) is 15.3. The first-order valence-corrected chi connectivity index (χ1v) is 20.6. The number of rotatable bonds is 23. The molecule has 1 saturated heterocycles. The van der Waals surface area contributed by atoms with Crippen molar-refractivity contribution >= 4 is 19.0 Å². The standard InChI is InChI=1S/C40H53FN5O8P/c1-2-3-4-5-6-7-8-9-10-11-12-13-14-15-16-17-32(51-26-30-18-19-31(25-42)33(41)24-30)27-52-55(49,50)53-28-36-38(47)39(48)40(29-43,54-36)37-21-20-35-34(44)22-23-45-46(35)37/h18-24,32,36,38-39,47-48H,2-14,17,26-28,44H2,1H3,(H,49,50)/t32-,36-,38-,39-,40+/m1/s1. The molecule has 5 N–H and O–H groups in total. The number of aliphatic hydroxyl groups excluding tert-OH is 2. The number of nitriles is 2. The van der Waals surface area contributed by atoms with Gasteiger partial charge in [-0.1, -0.05) is 83.6 Å². The van der Waals surface area contributed by atoms with E-state index in [9.17, 15) is 29.3 Å². The number of anilines is 1. The van der Waals surface area contributed by atoms with E-state index in [1.807, 2.05) is 6.07 Å². The van der Waals surface area contributed by atoms with Gasteiger partial charge in [0, 0.05) is 19.0 Å². The van der Waals surface area contributed by atoms with E-state index in [1.165, 1.54) is 93.1 Å². The lowest BCUT2D eigenvalue weighted by Crippen LogP contribution is -2.41. The number of fused-ring (bicyclic) bond motifs is 1. The number of aliphatic hydroxyl groups is 2. The van der Waals surface area contributed by atoms with Crippen LogP contribution in [-0.4, -0.2) is 62.4 Å². The Morgan fingerprint density at radius 2 is 1.69 bits per heavy atom. The van der Waals surface area contributed by atoms with E-state index in [0.29, 0.717) is 23.2 Å². The van der Waals surface area contributed by atoms with Crippen LogP contribution in [0.15, 0.2) is 42.6 Å². The minimum Gasteiger partial charge on any atom is -0.397 e. The Balaban J connectivity index is 1.28. The first-order chi connectivity index (χ1) is 26.5. The van der Waals surface area contributed by atoms with E-state index in [2.05, 4.69) is 23.9 Å². The summed E-state index contributed by atoms with van der Waals surface area (Å²) in [6.07, 6.45) is 11.5. The van der Waals surface area contributed by atoms with Gasteiger partial charge in [-0.05, 0) is 42.3 Å². The molecule has 55 heavy (non-hydrogen) atoms. The molecule has 0 saturated carbocycles. The van der Waals surface area contributed by atoms with E-state index >= 15 is 0 Å². The summed E-state index contributed by atoms with van der Waals surface area (Å²) in [5.74, 6) is 5.48. The highest BCUT2D eigenvalue weighted by Crippen LogP contribution is 2.46. The fraction of sp³-hybridized carbons (Fsp3) is 0.575. The molecule has 3 aromatic rings. The molecule has 3 heterocycles. The Kier molecular flexibility index (Phi) is 17.6. The lowest BCUT2D eigenvalue weighted by Gasteiger charge is -2.24. The highest BCUT2D eigenvalue weighted by molar-refractivity contribution is 7.47. The van der Waals surface area contributed by atoms with Crippen molar-refractivity contribution < 1.29 is 42.6 Å². The average molecular weight is 782 g/mol. The summed E-state index contributed by atoms with van der Waals surface area (Å²) in [5.41, 5.74) is 5.14. The Morgan fingerprint density at radius 1 is 1.00 bits per heavy atom. The third-order valence-electron chi connectivity index (χ3n) is 9.67. The Bertz CT molecular complexity index is 1870. The number of nitrogen functional groups attached to an aromatic ring is 1. The number of benzene rings is 1. The van der Waals surface area contributed by atoms with Gasteiger partial charge in [0.15, 0.2) is 0 Å².